The van der Waals surface area contributed by atoms with Crippen LogP contribution in [0.5, 0.6) is 0 Å². The van der Waals surface area contributed by atoms with Crippen molar-refractivity contribution in [2.45, 2.75) is 39.5 Å². The van der Waals surface area contributed by atoms with E-state index in [9.17, 15) is 8.42 Å². The molecule has 2 rings (SSSR count). The highest BCUT2D eigenvalue weighted by atomic mass is 32.2. The zero-order chi connectivity index (χ0) is 14.6. The van der Waals surface area contributed by atoms with Crippen molar-refractivity contribution in [2.24, 2.45) is 5.92 Å². The molecule has 0 amide bonds. The van der Waals surface area contributed by atoms with Gasteiger partial charge in [0.25, 0.3) is 0 Å². The molecule has 0 bridgehead atoms. The van der Waals surface area contributed by atoms with Gasteiger partial charge < -0.3 is 0 Å². The number of hydrogen-bond acceptors (Lipinski definition) is 2. The molecular weight excluding hydrogens is 270 g/mol. The highest BCUT2D eigenvalue weighted by molar-refractivity contribution is 7.89. The standard InChI is InChI=1S/C16H25NO2S/c1-3-20(18,19)17-12-6-8-15(13-17)10-11-16-9-5-4-7-14(16)2/h4-5,7,9,15H,3,6,8,10-13H2,1-2H3/t15-/m1/s1. The Balaban J connectivity index is 1.92. The molecule has 4 heteroatoms. The number of benzene rings is 1. The maximum Gasteiger partial charge on any atom is 0.213 e. The van der Waals surface area contributed by atoms with Crippen LogP contribution in [0.3, 0.4) is 0 Å². The molecule has 1 aliphatic rings. The highest BCUT2D eigenvalue weighted by Crippen LogP contribution is 2.24. The third-order valence-corrected chi connectivity index (χ3v) is 6.17. The predicted octanol–water partition coefficient (Wildman–Crippen LogP) is 2.99. The van der Waals surface area contributed by atoms with Crippen molar-refractivity contribution in [3.8, 4) is 0 Å². The van der Waals surface area contributed by atoms with Crippen LogP contribution in [0.15, 0.2) is 24.3 Å². The van der Waals surface area contributed by atoms with E-state index < -0.39 is 10.0 Å². The van der Waals surface area contributed by atoms with Crippen molar-refractivity contribution in [1.82, 2.24) is 4.31 Å². The van der Waals surface area contributed by atoms with E-state index in [1.54, 1.807) is 11.2 Å². The second kappa shape index (κ2) is 6.72. The van der Waals surface area contributed by atoms with Gasteiger partial charge in [-0.2, -0.15) is 0 Å². The first-order valence-corrected chi connectivity index (χ1v) is 9.16. The number of piperidine rings is 1. The van der Waals surface area contributed by atoms with E-state index in [4.69, 9.17) is 0 Å². The summed E-state index contributed by atoms with van der Waals surface area (Å²) in [6.07, 6.45) is 4.29. The smallest absolute Gasteiger partial charge is 0.212 e. The minimum atomic E-state index is -3.01. The Bertz CT molecular complexity index is 539. The van der Waals surface area contributed by atoms with Gasteiger partial charge in [-0.05, 0) is 56.6 Å². The van der Waals surface area contributed by atoms with E-state index in [0.29, 0.717) is 19.0 Å². The number of nitrogens with zero attached hydrogens (tertiary/aromatic N) is 1. The van der Waals surface area contributed by atoms with Crippen LogP contribution >= 0.6 is 0 Å². The summed E-state index contributed by atoms with van der Waals surface area (Å²) in [5, 5.41) is 0. The van der Waals surface area contributed by atoms with Crippen molar-refractivity contribution in [3.05, 3.63) is 35.4 Å². The minimum absolute atomic E-state index is 0.220. The fraction of sp³-hybridized carbons (Fsp3) is 0.625. The van der Waals surface area contributed by atoms with Crippen LogP contribution in [0, 0.1) is 12.8 Å². The summed E-state index contributed by atoms with van der Waals surface area (Å²) in [5.74, 6) is 0.724. The van der Waals surface area contributed by atoms with Gasteiger partial charge in [-0.3, -0.25) is 0 Å². The van der Waals surface area contributed by atoms with E-state index in [0.717, 1.165) is 25.7 Å². The van der Waals surface area contributed by atoms with Crippen LogP contribution in [-0.2, 0) is 16.4 Å². The normalized spacial score (nSPS) is 21.0. The molecular formula is C16H25NO2S. The molecule has 1 aromatic carbocycles. The Kier molecular flexibility index (Phi) is 5.22. The van der Waals surface area contributed by atoms with E-state index in [2.05, 4.69) is 31.2 Å². The molecule has 0 radical (unpaired) electrons. The average molecular weight is 295 g/mol. The van der Waals surface area contributed by atoms with Gasteiger partial charge in [-0.15, -0.1) is 0 Å². The molecule has 0 unspecified atom stereocenters. The first-order valence-electron chi connectivity index (χ1n) is 7.55. The van der Waals surface area contributed by atoms with E-state index in [1.807, 2.05) is 0 Å². The Hall–Kier alpha value is -0.870. The third kappa shape index (κ3) is 3.83. The summed E-state index contributed by atoms with van der Waals surface area (Å²) in [6.45, 7) is 5.29. The van der Waals surface area contributed by atoms with E-state index in [1.165, 1.54) is 11.1 Å². The van der Waals surface area contributed by atoms with Crippen LogP contribution in [0.1, 0.15) is 37.3 Å². The van der Waals surface area contributed by atoms with Gasteiger partial charge in [0.15, 0.2) is 0 Å². The van der Waals surface area contributed by atoms with Gasteiger partial charge in [0.05, 0.1) is 5.75 Å². The summed E-state index contributed by atoms with van der Waals surface area (Å²) in [7, 11) is -3.01. The molecule has 1 fully saturated rings. The molecule has 0 aromatic heterocycles. The van der Waals surface area contributed by atoms with Gasteiger partial charge in [-0.25, -0.2) is 12.7 Å². The molecule has 1 aromatic rings. The highest BCUT2D eigenvalue weighted by Gasteiger charge is 2.27. The molecule has 0 spiro atoms. The molecule has 0 N–H and O–H groups in total. The molecule has 0 aliphatic carbocycles. The first kappa shape index (κ1) is 15.5. The Morgan fingerprint density at radius 3 is 2.75 bits per heavy atom. The van der Waals surface area contributed by atoms with Crippen LogP contribution in [0.4, 0.5) is 0 Å². The monoisotopic (exact) mass is 295 g/mol. The molecule has 20 heavy (non-hydrogen) atoms. The molecule has 1 atom stereocenters. The Morgan fingerprint density at radius 2 is 2.05 bits per heavy atom. The number of aryl methyl sites for hydroxylation is 2. The summed E-state index contributed by atoms with van der Waals surface area (Å²) in [6, 6.07) is 8.47. The van der Waals surface area contributed by atoms with E-state index in [-0.39, 0.29) is 5.75 Å². The first-order chi connectivity index (χ1) is 9.53. The van der Waals surface area contributed by atoms with Crippen LogP contribution in [0.25, 0.3) is 0 Å². The van der Waals surface area contributed by atoms with Crippen molar-refractivity contribution in [3.63, 3.8) is 0 Å². The second-order valence-corrected chi connectivity index (χ2v) is 7.99. The van der Waals surface area contributed by atoms with Gasteiger partial charge in [-0.1, -0.05) is 24.3 Å². The summed E-state index contributed by atoms with van der Waals surface area (Å²) in [4.78, 5) is 0. The number of sulfonamides is 1. The number of rotatable bonds is 5. The van der Waals surface area contributed by atoms with Gasteiger partial charge in [0.2, 0.25) is 10.0 Å². The maximum atomic E-state index is 12.0. The van der Waals surface area contributed by atoms with E-state index >= 15 is 0 Å². The predicted molar refractivity (Wildman–Crippen MR) is 83.3 cm³/mol. The van der Waals surface area contributed by atoms with Crippen LogP contribution in [-0.4, -0.2) is 31.6 Å². The van der Waals surface area contributed by atoms with Crippen LogP contribution < -0.4 is 0 Å². The lowest BCUT2D eigenvalue weighted by Gasteiger charge is -2.31. The molecule has 1 saturated heterocycles. The van der Waals surface area contributed by atoms with Gasteiger partial charge in [0, 0.05) is 13.1 Å². The number of hydrogen-bond donors (Lipinski definition) is 0. The fourth-order valence-electron chi connectivity index (χ4n) is 2.95. The van der Waals surface area contributed by atoms with Gasteiger partial charge in [0.1, 0.15) is 0 Å². The molecule has 0 saturated carbocycles. The van der Waals surface area contributed by atoms with Gasteiger partial charge >= 0.3 is 0 Å². The van der Waals surface area contributed by atoms with Crippen molar-refractivity contribution in [1.29, 1.82) is 0 Å². The largest absolute Gasteiger partial charge is 0.213 e. The molecule has 112 valence electrons. The van der Waals surface area contributed by atoms with Crippen molar-refractivity contribution >= 4 is 10.0 Å². The zero-order valence-corrected chi connectivity index (χ0v) is 13.3. The van der Waals surface area contributed by atoms with Crippen molar-refractivity contribution < 1.29 is 8.42 Å². The summed E-state index contributed by atoms with van der Waals surface area (Å²) >= 11 is 0. The lowest BCUT2D eigenvalue weighted by atomic mass is 9.91. The quantitative estimate of drug-likeness (QED) is 0.837. The molecule has 3 nitrogen and oxygen atoms in total. The third-order valence-electron chi connectivity index (χ3n) is 4.32. The Morgan fingerprint density at radius 1 is 1.30 bits per heavy atom. The lowest BCUT2D eigenvalue weighted by Crippen LogP contribution is -2.40. The molecule has 1 heterocycles. The topological polar surface area (TPSA) is 37.4 Å². The van der Waals surface area contributed by atoms with Crippen molar-refractivity contribution in [2.75, 3.05) is 18.8 Å². The zero-order valence-electron chi connectivity index (χ0n) is 12.5. The average Bonchev–Trinajstić information content (AvgIpc) is 2.47. The summed E-state index contributed by atoms with van der Waals surface area (Å²) < 4.78 is 25.6. The fourth-order valence-corrected chi connectivity index (χ4v) is 4.16. The second-order valence-electron chi connectivity index (χ2n) is 5.73. The van der Waals surface area contributed by atoms with Crippen LogP contribution in [0.2, 0.25) is 0 Å². The summed E-state index contributed by atoms with van der Waals surface area (Å²) in [5.41, 5.74) is 2.73. The molecule has 1 aliphatic heterocycles. The lowest BCUT2D eigenvalue weighted by molar-refractivity contribution is 0.256. The SMILES string of the molecule is CCS(=O)(=O)N1CCC[C@H](CCc2ccccc2C)C1. The minimum Gasteiger partial charge on any atom is -0.212 e. The maximum absolute atomic E-state index is 12.0. The Labute approximate surface area is 123 Å².